The number of methoxy groups -OCH3 is 1. The second-order valence-corrected chi connectivity index (χ2v) is 5.25. The fraction of sp³-hybridized carbons (Fsp3) is 0.222. The van der Waals surface area contributed by atoms with Crippen molar-refractivity contribution in [3.05, 3.63) is 58.1 Å². The Bertz CT molecular complexity index is 753. The van der Waals surface area contributed by atoms with E-state index in [1.807, 2.05) is 31.2 Å². The van der Waals surface area contributed by atoms with E-state index in [0.717, 1.165) is 11.1 Å². The molecule has 0 aromatic heterocycles. The van der Waals surface area contributed by atoms with Gasteiger partial charge in [-0.2, -0.15) is 0 Å². The van der Waals surface area contributed by atoms with Crippen LogP contribution < -0.4 is 0 Å². The summed E-state index contributed by atoms with van der Waals surface area (Å²) in [5.74, 6) is -1.04. The molecule has 0 N–H and O–H groups in total. The highest BCUT2D eigenvalue weighted by molar-refractivity contribution is 6.37. The molecule has 120 valence electrons. The molecule has 4 nitrogen and oxygen atoms in total. The third kappa shape index (κ3) is 3.37. The van der Waals surface area contributed by atoms with Crippen molar-refractivity contribution in [1.82, 2.24) is 0 Å². The monoisotopic (exact) mass is 332 g/mol. The van der Waals surface area contributed by atoms with E-state index in [2.05, 4.69) is 0 Å². The van der Waals surface area contributed by atoms with Crippen LogP contribution in [0.2, 0.25) is 5.02 Å². The molecular formula is C18H17ClO4. The van der Waals surface area contributed by atoms with Gasteiger partial charge in [0.1, 0.15) is 0 Å². The van der Waals surface area contributed by atoms with Gasteiger partial charge in [0, 0.05) is 5.56 Å². The molecule has 0 saturated carbocycles. The first-order valence-electron chi connectivity index (χ1n) is 7.15. The van der Waals surface area contributed by atoms with Crippen LogP contribution in [0, 0.1) is 6.92 Å². The van der Waals surface area contributed by atoms with Gasteiger partial charge in [-0.1, -0.05) is 35.9 Å². The summed E-state index contributed by atoms with van der Waals surface area (Å²) in [7, 11) is 1.30. The zero-order valence-corrected chi connectivity index (χ0v) is 13.9. The summed E-state index contributed by atoms with van der Waals surface area (Å²) in [6.07, 6.45) is 0. The van der Waals surface area contributed by atoms with Crippen LogP contribution in [0.3, 0.4) is 0 Å². The number of ether oxygens (including phenoxy) is 2. The molecule has 0 bridgehead atoms. The van der Waals surface area contributed by atoms with Gasteiger partial charge in [-0.3, -0.25) is 0 Å². The van der Waals surface area contributed by atoms with Crippen LogP contribution >= 0.6 is 11.6 Å². The lowest BCUT2D eigenvalue weighted by Crippen LogP contribution is -2.10. The number of halogens is 1. The molecule has 0 unspecified atom stereocenters. The van der Waals surface area contributed by atoms with Crippen LogP contribution in [0.4, 0.5) is 0 Å². The molecule has 0 saturated heterocycles. The Hall–Kier alpha value is -2.33. The molecule has 5 heteroatoms. The molecule has 0 radical (unpaired) electrons. The summed E-state index contributed by atoms with van der Waals surface area (Å²) in [6, 6.07) is 10.5. The van der Waals surface area contributed by atoms with Gasteiger partial charge in [0.2, 0.25) is 0 Å². The normalized spacial score (nSPS) is 10.3. The molecule has 0 aliphatic rings. The molecule has 23 heavy (non-hydrogen) atoms. The second-order valence-electron chi connectivity index (χ2n) is 4.88. The van der Waals surface area contributed by atoms with E-state index in [4.69, 9.17) is 21.1 Å². The Kier molecular flexibility index (Phi) is 5.40. The summed E-state index contributed by atoms with van der Waals surface area (Å²) in [5, 5.41) is 0.181. The fourth-order valence-electron chi connectivity index (χ4n) is 2.34. The Balaban J connectivity index is 2.74. The maximum absolute atomic E-state index is 12.1. The van der Waals surface area contributed by atoms with E-state index in [0.29, 0.717) is 11.1 Å². The summed E-state index contributed by atoms with van der Waals surface area (Å²) < 4.78 is 9.84. The summed E-state index contributed by atoms with van der Waals surface area (Å²) in [5.41, 5.74) is 2.70. The largest absolute Gasteiger partial charge is 0.465 e. The number of esters is 2. The lowest BCUT2D eigenvalue weighted by Gasteiger charge is -2.15. The van der Waals surface area contributed by atoms with Gasteiger partial charge >= 0.3 is 11.9 Å². The SMILES string of the molecule is CCOC(=O)c1ccc(C(=O)OC)c(-c2ccccc2C)c1Cl. The molecular weight excluding hydrogens is 316 g/mol. The molecule has 2 rings (SSSR count). The number of rotatable bonds is 4. The average molecular weight is 333 g/mol. The Morgan fingerprint density at radius 3 is 2.30 bits per heavy atom. The lowest BCUT2D eigenvalue weighted by atomic mass is 9.94. The number of hydrogen-bond acceptors (Lipinski definition) is 4. The van der Waals surface area contributed by atoms with Crippen molar-refractivity contribution in [2.45, 2.75) is 13.8 Å². The van der Waals surface area contributed by atoms with Gasteiger partial charge in [-0.25, -0.2) is 9.59 Å². The van der Waals surface area contributed by atoms with Gasteiger partial charge in [0.05, 0.1) is 29.9 Å². The van der Waals surface area contributed by atoms with Gasteiger partial charge in [0.15, 0.2) is 0 Å². The topological polar surface area (TPSA) is 52.6 Å². The summed E-state index contributed by atoms with van der Waals surface area (Å²) in [4.78, 5) is 24.1. The van der Waals surface area contributed by atoms with Crippen LogP contribution in [0.1, 0.15) is 33.2 Å². The van der Waals surface area contributed by atoms with Crippen LogP contribution in [0.15, 0.2) is 36.4 Å². The van der Waals surface area contributed by atoms with E-state index in [9.17, 15) is 9.59 Å². The van der Waals surface area contributed by atoms with Gasteiger partial charge in [-0.05, 0) is 37.1 Å². The van der Waals surface area contributed by atoms with Gasteiger partial charge in [0.25, 0.3) is 0 Å². The fourth-order valence-corrected chi connectivity index (χ4v) is 2.68. The first-order valence-corrected chi connectivity index (χ1v) is 7.53. The quantitative estimate of drug-likeness (QED) is 0.784. The minimum atomic E-state index is -0.524. The van der Waals surface area contributed by atoms with E-state index < -0.39 is 11.9 Å². The zero-order chi connectivity index (χ0) is 17.0. The predicted molar refractivity (Wildman–Crippen MR) is 88.9 cm³/mol. The van der Waals surface area contributed by atoms with Crippen molar-refractivity contribution >= 4 is 23.5 Å². The second kappa shape index (κ2) is 7.29. The highest BCUT2D eigenvalue weighted by Crippen LogP contribution is 2.36. The first kappa shape index (κ1) is 17.0. The minimum Gasteiger partial charge on any atom is -0.465 e. The van der Waals surface area contributed by atoms with Crippen molar-refractivity contribution < 1.29 is 19.1 Å². The summed E-state index contributed by atoms with van der Waals surface area (Å²) in [6.45, 7) is 3.87. The van der Waals surface area contributed by atoms with Crippen molar-refractivity contribution in [2.24, 2.45) is 0 Å². The van der Waals surface area contributed by atoms with Gasteiger partial charge in [-0.15, -0.1) is 0 Å². The van der Waals surface area contributed by atoms with E-state index in [-0.39, 0.29) is 17.2 Å². The maximum atomic E-state index is 12.1. The summed E-state index contributed by atoms with van der Waals surface area (Å²) >= 11 is 6.44. The molecule has 2 aromatic carbocycles. The molecule has 0 heterocycles. The van der Waals surface area contributed by atoms with Crippen molar-refractivity contribution in [3.8, 4) is 11.1 Å². The van der Waals surface area contributed by atoms with Crippen LogP contribution in [0.5, 0.6) is 0 Å². The van der Waals surface area contributed by atoms with Crippen molar-refractivity contribution in [2.75, 3.05) is 13.7 Å². The van der Waals surface area contributed by atoms with E-state index in [1.165, 1.54) is 19.2 Å². The molecule has 0 fully saturated rings. The van der Waals surface area contributed by atoms with Crippen LogP contribution in [-0.2, 0) is 9.47 Å². The number of hydrogen-bond donors (Lipinski definition) is 0. The molecule has 2 aromatic rings. The third-order valence-corrected chi connectivity index (χ3v) is 3.85. The molecule has 0 atom stereocenters. The molecule has 0 aliphatic heterocycles. The standard InChI is InChI=1S/C18H17ClO4/c1-4-23-18(21)14-10-9-13(17(20)22-3)15(16(14)19)12-8-6-5-7-11(12)2/h5-10H,4H2,1-3H3. The Morgan fingerprint density at radius 1 is 1.04 bits per heavy atom. The highest BCUT2D eigenvalue weighted by atomic mass is 35.5. The molecule has 0 spiro atoms. The number of benzene rings is 2. The number of carbonyl (C=O) groups is 2. The van der Waals surface area contributed by atoms with Gasteiger partial charge < -0.3 is 9.47 Å². The van der Waals surface area contributed by atoms with Crippen LogP contribution in [-0.4, -0.2) is 25.7 Å². The molecule has 0 aliphatic carbocycles. The Labute approximate surface area is 140 Å². The van der Waals surface area contributed by atoms with Crippen LogP contribution in [0.25, 0.3) is 11.1 Å². The zero-order valence-electron chi connectivity index (χ0n) is 13.2. The lowest BCUT2D eigenvalue weighted by molar-refractivity contribution is 0.0524. The smallest absolute Gasteiger partial charge is 0.339 e. The van der Waals surface area contributed by atoms with E-state index >= 15 is 0 Å². The Morgan fingerprint density at radius 2 is 1.70 bits per heavy atom. The van der Waals surface area contributed by atoms with E-state index in [1.54, 1.807) is 6.92 Å². The van der Waals surface area contributed by atoms with Crippen molar-refractivity contribution in [3.63, 3.8) is 0 Å². The number of aryl methyl sites for hydroxylation is 1. The maximum Gasteiger partial charge on any atom is 0.339 e. The predicted octanol–water partition coefficient (Wildman–Crippen LogP) is 4.28. The van der Waals surface area contributed by atoms with Crippen molar-refractivity contribution in [1.29, 1.82) is 0 Å². The first-order chi connectivity index (χ1) is 11.0. The third-order valence-electron chi connectivity index (χ3n) is 3.46. The molecule has 0 amide bonds. The minimum absolute atomic E-state index is 0.181. The highest BCUT2D eigenvalue weighted by Gasteiger charge is 2.23. The average Bonchev–Trinajstić information content (AvgIpc) is 2.55. The number of carbonyl (C=O) groups excluding carboxylic acids is 2.